The lowest BCUT2D eigenvalue weighted by molar-refractivity contribution is -0.118. The van der Waals surface area contributed by atoms with Gasteiger partial charge in [0.15, 0.2) is 17.5 Å². The maximum Gasteiger partial charge on any atom is 0.247 e. The molecule has 0 radical (unpaired) electrons. The summed E-state index contributed by atoms with van der Waals surface area (Å²) in [6, 6.07) is 1.37. The van der Waals surface area contributed by atoms with Gasteiger partial charge in [-0.3, -0.25) is 4.79 Å². The van der Waals surface area contributed by atoms with Crippen LogP contribution < -0.4 is 16.0 Å². The number of carbonyl (C=O) groups excluding carboxylic acids is 1. The Bertz CT molecular complexity index is 685. The molecular formula is C14H18N6O2. The van der Waals surface area contributed by atoms with Crippen LogP contribution in [0.2, 0.25) is 0 Å². The first-order valence-electron chi connectivity index (χ1n) is 7.22. The van der Waals surface area contributed by atoms with Gasteiger partial charge in [-0.2, -0.15) is 0 Å². The standard InChI is InChI=1S/C14H18N6O2/c1-4-7(2)10-14(21)19-11-12(17-9-5-6-22-20-9)15-8(3)16-13(11)18-10/h5-7,10H,4H2,1-3H3,(H,19,21)(H2,15,16,17,18,20). The fourth-order valence-electron chi connectivity index (χ4n) is 2.33. The molecule has 1 aliphatic heterocycles. The van der Waals surface area contributed by atoms with Crippen LogP contribution in [0, 0.1) is 12.8 Å². The molecule has 3 N–H and O–H groups in total. The Morgan fingerprint density at radius 1 is 1.45 bits per heavy atom. The zero-order chi connectivity index (χ0) is 15.7. The molecule has 1 amide bonds. The SMILES string of the molecule is CCC(C)C1Nc2nc(C)nc(Nc3ccon3)c2NC1=O. The molecule has 2 aromatic rings. The minimum Gasteiger partial charge on any atom is -0.363 e. The molecule has 22 heavy (non-hydrogen) atoms. The van der Waals surface area contributed by atoms with E-state index >= 15 is 0 Å². The third-order valence-electron chi connectivity index (χ3n) is 3.74. The zero-order valence-corrected chi connectivity index (χ0v) is 12.7. The Hall–Kier alpha value is -2.64. The average molecular weight is 302 g/mol. The maximum absolute atomic E-state index is 12.3. The highest BCUT2D eigenvalue weighted by Crippen LogP contribution is 2.34. The number of hydrogen-bond donors (Lipinski definition) is 3. The normalized spacial score (nSPS) is 18.1. The first-order chi connectivity index (χ1) is 10.6. The van der Waals surface area contributed by atoms with E-state index in [4.69, 9.17) is 4.52 Å². The summed E-state index contributed by atoms with van der Waals surface area (Å²) in [6.07, 6.45) is 2.35. The highest BCUT2D eigenvalue weighted by atomic mass is 16.5. The Kier molecular flexibility index (Phi) is 3.66. The molecule has 2 aromatic heterocycles. The van der Waals surface area contributed by atoms with Crippen molar-refractivity contribution in [1.82, 2.24) is 15.1 Å². The molecule has 8 nitrogen and oxygen atoms in total. The van der Waals surface area contributed by atoms with E-state index in [9.17, 15) is 4.79 Å². The van der Waals surface area contributed by atoms with Gasteiger partial charge in [0, 0.05) is 6.07 Å². The third-order valence-corrected chi connectivity index (χ3v) is 3.74. The van der Waals surface area contributed by atoms with Crippen molar-refractivity contribution in [2.45, 2.75) is 33.2 Å². The second-order valence-corrected chi connectivity index (χ2v) is 5.35. The van der Waals surface area contributed by atoms with Gasteiger partial charge in [-0.15, -0.1) is 0 Å². The molecule has 0 aromatic carbocycles. The van der Waals surface area contributed by atoms with Crippen LogP contribution in [0.1, 0.15) is 26.1 Å². The molecule has 0 spiro atoms. The molecule has 0 bridgehead atoms. The van der Waals surface area contributed by atoms with Gasteiger partial charge in [0.25, 0.3) is 0 Å². The van der Waals surface area contributed by atoms with Crippen LogP contribution in [-0.4, -0.2) is 27.1 Å². The summed E-state index contributed by atoms with van der Waals surface area (Å²) >= 11 is 0. The fourth-order valence-corrected chi connectivity index (χ4v) is 2.33. The van der Waals surface area contributed by atoms with Crippen LogP contribution >= 0.6 is 0 Å². The Morgan fingerprint density at radius 3 is 2.95 bits per heavy atom. The number of aryl methyl sites for hydroxylation is 1. The number of amides is 1. The molecule has 0 saturated carbocycles. The van der Waals surface area contributed by atoms with E-state index in [0.29, 0.717) is 29.0 Å². The second-order valence-electron chi connectivity index (χ2n) is 5.35. The van der Waals surface area contributed by atoms with Crippen molar-refractivity contribution in [1.29, 1.82) is 0 Å². The first kappa shape index (κ1) is 14.3. The van der Waals surface area contributed by atoms with Gasteiger partial charge in [-0.25, -0.2) is 9.97 Å². The van der Waals surface area contributed by atoms with Crippen LogP contribution in [0.5, 0.6) is 0 Å². The number of nitrogens with one attached hydrogen (secondary N) is 3. The quantitative estimate of drug-likeness (QED) is 0.795. The summed E-state index contributed by atoms with van der Waals surface area (Å²) in [5.74, 6) is 2.33. The van der Waals surface area contributed by atoms with Crippen LogP contribution in [0.3, 0.4) is 0 Å². The van der Waals surface area contributed by atoms with Gasteiger partial charge in [-0.1, -0.05) is 25.4 Å². The Balaban J connectivity index is 1.96. The predicted octanol–water partition coefficient (Wildman–Crippen LogP) is 2.30. The molecule has 2 unspecified atom stereocenters. The molecule has 3 rings (SSSR count). The van der Waals surface area contributed by atoms with Crippen molar-refractivity contribution in [2.75, 3.05) is 16.0 Å². The lowest BCUT2D eigenvalue weighted by Crippen LogP contribution is -2.43. The number of hydrogen-bond acceptors (Lipinski definition) is 7. The molecule has 8 heteroatoms. The van der Waals surface area contributed by atoms with E-state index < -0.39 is 0 Å². The van der Waals surface area contributed by atoms with Crippen molar-refractivity contribution in [3.05, 3.63) is 18.2 Å². The minimum absolute atomic E-state index is 0.0856. The van der Waals surface area contributed by atoms with Gasteiger partial charge in [0.1, 0.15) is 23.8 Å². The zero-order valence-electron chi connectivity index (χ0n) is 12.7. The number of aromatic nitrogens is 3. The number of anilines is 4. The third kappa shape index (κ3) is 2.59. The van der Waals surface area contributed by atoms with E-state index in [1.807, 2.05) is 6.92 Å². The van der Waals surface area contributed by atoms with Crippen LogP contribution in [0.4, 0.5) is 23.1 Å². The molecule has 0 fully saturated rings. The molecule has 3 heterocycles. The fraction of sp³-hybridized carbons (Fsp3) is 0.429. The van der Waals surface area contributed by atoms with Crippen LogP contribution in [0.25, 0.3) is 0 Å². The van der Waals surface area contributed by atoms with Gasteiger partial charge >= 0.3 is 0 Å². The van der Waals surface area contributed by atoms with E-state index in [1.165, 1.54) is 6.26 Å². The highest BCUT2D eigenvalue weighted by Gasteiger charge is 2.32. The van der Waals surface area contributed by atoms with Crippen LogP contribution in [-0.2, 0) is 4.79 Å². The molecular weight excluding hydrogens is 284 g/mol. The monoisotopic (exact) mass is 302 g/mol. The average Bonchev–Trinajstić information content (AvgIpc) is 2.99. The molecule has 0 aliphatic carbocycles. The summed E-state index contributed by atoms with van der Waals surface area (Å²) < 4.78 is 4.79. The second kappa shape index (κ2) is 5.63. The summed E-state index contributed by atoms with van der Waals surface area (Å²) in [7, 11) is 0. The Morgan fingerprint density at radius 2 is 2.27 bits per heavy atom. The molecule has 0 saturated heterocycles. The Labute approximate surface area is 127 Å². The van der Waals surface area contributed by atoms with E-state index in [-0.39, 0.29) is 17.9 Å². The van der Waals surface area contributed by atoms with Gasteiger partial charge in [0.2, 0.25) is 5.91 Å². The minimum atomic E-state index is -0.299. The van der Waals surface area contributed by atoms with E-state index in [2.05, 4.69) is 38.0 Å². The first-order valence-corrected chi connectivity index (χ1v) is 7.22. The topological polar surface area (TPSA) is 105 Å². The van der Waals surface area contributed by atoms with E-state index in [0.717, 1.165) is 6.42 Å². The number of rotatable bonds is 4. The molecule has 2 atom stereocenters. The summed E-state index contributed by atoms with van der Waals surface area (Å²) in [5.41, 5.74) is 0.526. The predicted molar refractivity (Wildman–Crippen MR) is 82.1 cm³/mol. The summed E-state index contributed by atoms with van der Waals surface area (Å²) in [6.45, 7) is 5.88. The van der Waals surface area contributed by atoms with Gasteiger partial charge in [0.05, 0.1) is 0 Å². The van der Waals surface area contributed by atoms with Crippen molar-refractivity contribution < 1.29 is 9.32 Å². The van der Waals surface area contributed by atoms with E-state index in [1.54, 1.807) is 13.0 Å². The number of nitrogens with zero attached hydrogens (tertiary/aromatic N) is 3. The lowest BCUT2D eigenvalue weighted by Gasteiger charge is -2.30. The summed E-state index contributed by atoms with van der Waals surface area (Å²) in [4.78, 5) is 21.0. The molecule has 1 aliphatic rings. The summed E-state index contributed by atoms with van der Waals surface area (Å²) in [5, 5.41) is 12.9. The molecule has 116 valence electrons. The largest absolute Gasteiger partial charge is 0.363 e. The number of carbonyl (C=O) groups is 1. The van der Waals surface area contributed by atoms with Gasteiger partial charge in [-0.05, 0) is 12.8 Å². The van der Waals surface area contributed by atoms with Crippen molar-refractivity contribution >= 4 is 29.0 Å². The van der Waals surface area contributed by atoms with Gasteiger partial charge < -0.3 is 20.5 Å². The highest BCUT2D eigenvalue weighted by molar-refractivity contribution is 6.05. The van der Waals surface area contributed by atoms with Crippen molar-refractivity contribution in [3.63, 3.8) is 0 Å². The smallest absolute Gasteiger partial charge is 0.247 e. The van der Waals surface area contributed by atoms with Crippen LogP contribution in [0.15, 0.2) is 16.9 Å². The van der Waals surface area contributed by atoms with Crippen molar-refractivity contribution in [3.8, 4) is 0 Å². The van der Waals surface area contributed by atoms with Crippen molar-refractivity contribution in [2.24, 2.45) is 5.92 Å². The lowest BCUT2D eigenvalue weighted by atomic mass is 9.97. The number of fused-ring (bicyclic) bond motifs is 1. The maximum atomic E-state index is 12.3.